The number of rotatable bonds is 12. The van der Waals surface area contributed by atoms with Crippen molar-refractivity contribution in [2.75, 3.05) is 0 Å². The number of hydrogen-bond acceptors (Lipinski definition) is 4. The second-order valence-corrected chi connectivity index (χ2v) is 10.9. The molecule has 0 saturated carbocycles. The van der Waals surface area contributed by atoms with Crippen molar-refractivity contribution in [1.82, 2.24) is 0 Å². The van der Waals surface area contributed by atoms with Gasteiger partial charge in [0.1, 0.15) is 0 Å². The standard InChI is InChI=1S/C29H44O4/c1-20(2)12-9-13-21(3)14-10-15-22(4)16-11-18-27(6,32)19-17-24-23(5)25(30)28(7)29(8,33-28)26(24)31/h12,14,16,32H,9-11,13,15,17-19H2,1-8H3/b21-14+,22-16+/t27-,28?,29?/m1/s1. The van der Waals surface area contributed by atoms with Gasteiger partial charge in [0.25, 0.3) is 0 Å². The Labute approximate surface area is 200 Å². The smallest absolute Gasteiger partial charge is 0.194 e. The van der Waals surface area contributed by atoms with Gasteiger partial charge in [0.05, 0.1) is 5.60 Å². The Morgan fingerprint density at radius 2 is 1.39 bits per heavy atom. The minimum Gasteiger partial charge on any atom is -0.390 e. The lowest BCUT2D eigenvalue weighted by atomic mass is 9.74. The van der Waals surface area contributed by atoms with Crippen molar-refractivity contribution < 1.29 is 19.4 Å². The number of hydrogen-bond donors (Lipinski definition) is 1. The summed E-state index contributed by atoms with van der Waals surface area (Å²) in [7, 11) is 0. The Bertz CT molecular complexity index is 895. The first kappa shape index (κ1) is 27.5. The third-order valence-electron chi connectivity index (χ3n) is 7.42. The summed E-state index contributed by atoms with van der Waals surface area (Å²) in [5, 5.41) is 10.9. The zero-order valence-electron chi connectivity index (χ0n) is 22.1. The minimum absolute atomic E-state index is 0.0981. The SMILES string of the molecule is CC(C)=CCC/C(C)=C/CC/C(C)=C/CC[C@@](C)(O)CCC1=C(C)C(=O)C2(C)OC2(C)C1=O. The van der Waals surface area contributed by atoms with Gasteiger partial charge < -0.3 is 9.84 Å². The summed E-state index contributed by atoms with van der Waals surface area (Å²) in [6.45, 7) is 15.5. The first-order valence-electron chi connectivity index (χ1n) is 12.4. The van der Waals surface area contributed by atoms with Crippen LogP contribution in [0.2, 0.25) is 0 Å². The molecule has 184 valence electrons. The second-order valence-electron chi connectivity index (χ2n) is 10.9. The van der Waals surface area contributed by atoms with Crippen LogP contribution in [0.1, 0.15) is 107 Å². The maximum absolute atomic E-state index is 12.9. The molecule has 0 aromatic rings. The molecule has 1 saturated heterocycles. The predicted molar refractivity (Wildman–Crippen MR) is 135 cm³/mol. The Morgan fingerprint density at radius 3 is 1.97 bits per heavy atom. The molecule has 0 spiro atoms. The zero-order chi connectivity index (χ0) is 25.0. The van der Waals surface area contributed by atoms with Crippen LogP contribution in [-0.4, -0.2) is 33.5 Å². The van der Waals surface area contributed by atoms with Crippen LogP contribution in [0.15, 0.2) is 46.1 Å². The molecule has 3 atom stereocenters. The van der Waals surface area contributed by atoms with E-state index in [1.54, 1.807) is 20.8 Å². The van der Waals surface area contributed by atoms with Crippen LogP contribution < -0.4 is 0 Å². The van der Waals surface area contributed by atoms with E-state index in [9.17, 15) is 14.7 Å². The van der Waals surface area contributed by atoms with Gasteiger partial charge in [-0.05, 0) is 107 Å². The number of carbonyl (C=O) groups is 2. The van der Waals surface area contributed by atoms with Crippen LogP contribution in [0, 0.1) is 0 Å². The number of aliphatic hydroxyl groups is 1. The van der Waals surface area contributed by atoms with E-state index in [1.165, 1.54) is 16.7 Å². The van der Waals surface area contributed by atoms with Gasteiger partial charge in [-0.3, -0.25) is 9.59 Å². The maximum Gasteiger partial charge on any atom is 0.194 e. The van der Waals surface area contributed by atoms with Gasteiger partial charge in [-0.15, -0.1) is 0 Å². The summed E-state index contributed by atoms with van der Waals surface area (Å²) in [6.07, 6.45) is 13.4. The largest absolute Gasteiger partial charge is 0.390 e. The summed E-state index contributed by atoms with van der Waals surface area (Å²) < 4.78 is 5.56. The highest BCUT2D eigenvalue weighted by Crippen LogP contribution is 2.55. The quantitative estimate of drug-likeness (QED) is 0.261. The average molecular weight is 457 g/mol. The third-order valence-corrected chi connectivity index (χ3v) is 7.42. The Balaban J connectivity index is 1.79. The minimum atomic E-state index is -1.02. The molecular formula is C29H44O4. The van der Waals surface area contributed by atoms with Crippen molar-refractivity contribution in [3.05, 3.63) is 46.1 Å². The highest BCUT2D eigenvalue weighted by atomic mass is 16.6. The monoisotopic (exact) mass is 456 g/mol. The van der Waals surface area contributed by atoms with Crippen LogP contribution in [0.5, 0.6) is 0 Å². The van der Waals surface area contributed by atoms with Crippen LogP contribution in [-0.2, 0) is 14.3 Å². The van der Waals surface area contributed by atoms with Crippen molar-refractivity contribution in [2.45, 2.75) is 124 Å². The molecule has 1 heterocycles. The van der Waals surface area contributed by atoms with Crippen molar-refractivity contribution in [3.63, 3.8) is 0 Å². The Morgan fingerprint density at radius 1 is 0.879 bits per heavy atom. The molecule has 2 unspecified atom stereocenters. The molecular weight excluding hydrogens is 412 g/mol. The number of fused-ring (bicyclic) bond motifs is 1. The summed E-state index contributed by atoms with van der Waals surface area (Å²) in [4.78, 5) is 25.5. The van der Waals surface area contributed by atoms with Crippen molar-refractivity contribution in [1.29, 1.82) is 0 Å². The van der Waals surface area contributed by atoms with E-state index < -0.39 is 16.8 Å². The Kier molecular flexibility index (Phi) is 8.86. The number of carbonyl (C=O) groups excluding carboxylic acids is 2. The normalized spacial score (nSPS) is 27.4. The summed E-state index contributed by atoms with van der Waals surface area (Å²) in [5.74, 6) is -0.197. The predicted octanol–water partition coefficient (Wildman–Crippen LogP) is 6.73. The zero-order valence-corrected chi connectivity index (χ0v) is 22.1. The summed E-state index contributed by atoms with van der Waals surface area (Å²) in [6, 6.07) is 0. The van der Waals surface area contributed by atoms with Gasteiger partial charge >= 0.3 is 0 Å². The van der Waals surface area contributed by atoms with Crippen LogP contribution >= 0.6 is 0 Å². The van der Waals surface area contributed by atoms with Crippen molar-refractivity contribution in [2.24, 2.45) is 0 Å². The molecule has 1 aliphatic heterocycles. The molecule has 0 radical (unpaired) electrons. The van der Waals surface area contributed by atoms with E-state index in [4.69, 9.17) is 4.74 Å². The van der Waals surface area contributed by atoms with E-state index in [0.29, 0.717) is 30.4 Å². The van der Waals surface area contributed by atoms with Crippen LogP contribution in [0.3, 0.4) is 0 Å². The molecule has 2 rings (SSSR count). The number of ether oxygens (including phenoxy) is 1. The molecule has 4 heteroatoms. The molecule has 1 aliphatic carbocycles. The lowest BCUT2D eigenvalue weighted by Crippen LogP contribution is -2.42. The third kappa shape index (κ3) is 6.64. The van der Waals surface area contributed by atoms with Crippen LogP contribution in [0.4, 0.5) is 0 Å². The van der Waals surface area contributed by atoms with Crippen molar-refractivity contribution >= 4 is 11.6 Å². The number of epoxide rings is 1. The molecule has 4 nitrogen and oxygen atoms in total. The second kappa shape index (κ2) is 10.7. The molecule has 0 bridgehead atoms. The van der Waals surface area contributed by atoms with Crippen LogP contribution in [0.25, 0.3) is 0 Å². The molecule has 0 aromatic carbocycles. The van der Waals surface area contributed by atoms with Gasteiger partial charge in [0.2, 0.25) is 0 Å². The molecule has 1 N–H and O–H groups in total. The van der Waals surface area contributed by atoms with E-state index >= 15 is 0 Å². The first-order valence-corrected chi connectivity index (χ1v) is 12.4. The lowest BCUT2D eigenvalue weighted by Gasteiger charge is -2.26. The Hall–Kier alpha value is -1.78. The highest BCUT2D eigenvalue weighted by molar-refractivity contribution is 6.22. The number of Topliss-reactive ketones (excluding diaryl/α,β-unsaturated/α-hetero) is 2. The van der Waals surface area contributed by atoms with E-state index in [0.717, 1.165) is 32.1 Å². The first-order chi connectivity index (χ1) is 15.2. The summed E-state index contributed by atoms with van der Waals surface area (Å²) in [5.41, 5.74) is 2.26. The van der Waals surface area contributed by atoms with Gasteiger partial charge in [-0.25, -0.2) is 0 Å². The van der Waals surface area contributed by atoms with Gasteiger partial charge in [0.15, 0.2) is 22.8 Å². The van der Waals surface area contributed by atoms with Gasteiger partial charge in [-0.2, -0.15) is 0 Å². The molecule has 1 fully saturated rings. The van der Waals surface area contributed by atoms with Crippen molar-refractivity contribution in [3.8, 4) is 0 Å². The molecule has 2 aliphatic rings. The molecule has 33 heavy (non-hydrogen) atoms. The highest BCUT2D eigenvalue weighted by Gasteiger charge is 2.75. The number of ketones is 2. The molecule has 0 amide bonds. The molecule has 0 aromatic heterocycles. The summed E-state index contributed by atoms with van der Waals surface area (Å²) >= 11 is 0. The fourth-order valence-corrected chi connectivity index (χ4v) is 4.65. The topological polar surface area (TPSA) is 66.9 Å². The maximum atomic E-state index is 12.9. The van der Waals surface area contributed by atoms with Gasteiger partial charge in [0, 0.05) is 11.1 Å². The average Bonchev–Trinajstić information content (AvgIpc) is 3.30. The van der Waals surface area contributed by atoms with E-state index in [-0.39, 0.29) is 11.6 Å². The number of allylic oxidation sites excluding steroid dienone is 6. The van der Waals surface area contributed by atoms with E-state index in [2.05, 4.69) is 45.9 Å². The van der Waals surface area contributed by atoms with E-state index in [1.807, 2.05) is 6.92 Å². The fourth-order valence-electron chi connectivity index (χ4n) is 4.65. The lowest BCUT2D eigenvalue weighted by molar-refractivity contribution is -0.124. The fraction of sp³-hybridized carbons (Fsp3) is 0.655. The van der Waals surface area contributed by atoms with Gasteiger partial charge in [-0.1, -0.05) is 34.9 Å².